The van der Waals surface area contributed by atoms with Crippen LogP contribution in [-0.2, 0) is 0 Å². The number of aromatic nitrogens is 1. The Balaban J connectivity index is 1.72. The van der Waals surface area contributed by atoms with Gasteiger partial charge in [-0.15, -0.1) is 0 Å². The Morgan fingerprint density at radius 3 is 2.53 bits per heavy atom. The fourth-order valence-corrected chi connectivity index (χ4v) is 5.32. The van der Waals surface area contributed by atoms with Gasteiger partial charge in [-0.05, 0) is 76.5 Å². The number of piperidine rings is 1. The van der Waals surface area contributed by atoms with E-state index >= 15 is 0 Å². The molecule has 2 aromatic carbocycles. The van der Waals surface area contributed by atoms with Gasteiger partial charge in [-0.1, -0.05) is 17.4 Å². The van der Waals surface area contributed by atoms with Crippen molar-refractivity contribution in [1.82, 2.24) is 9.88 Å². The summed E-state index contributed by atoms with van der Waals surface area (Å²) in [6.07, 6.45) is 3.18. The topological polar surface area (TPSA) is 82.8 Å². The van der Waals surface area contributed by atoms with Crippen molar-refractivity contribution in [3.05, 3.63) is 57.1 Å². The largest absolute Gasteiger partial charge is 0.366 e. The standard InChI is InChI=1S/C25H31N5O3S/c1-17-8-11-22-23(18(17)2)26-25(34-22)29(15-14-27(3)4)24(31)19-9-10-20(21(16-19)30(32)33)28-12-6-5-7-13-28/h8-11,16H,5-7,12-15H2,1-4H3. The van der Waals surface area contributed by atoms with Crippen LogP contribution in [0.4, 0.5) is 16.5 Å². The van der Waals surface area contributed by atoms with Gasteiger partial charge in [-0.3, -0.25) is 19.8 Å². The maximum Gasteiger partial charge on any atom is 0.293 e. The number of thiazole rings is 1. The number of amides is 1. The summed E-state index contributed by atoms with van der Waals surface area (Å²) >= 11 is 1.47. The number of nitro benzene ring substituents is 1. The molecule has 0 spiro atoms. The summed E-state index contributed by atoms with van der Waals surface area (Å²) in [5.74, 6) is -0.274. The van der Waals surface area contributed by atoms with Gasteiger partial charge in [0, 0.05) is 37.8 Å². The summed E-state index contributed by atoms with van der Waals surface area (Å²) < 4.78 is 1.02. The van der Waals surface area contributed by atoms with E-state index in [1.807, 2.05) is 38.9 Å². The molecule has 180 valence electrons. The molecule has 0 N–H and O–H groups in total. The summed E-state index contributed by atoms with van der Waals surface area (Å²) in [6, 6.07) is 8.97. The molecular formula is C25H31N5O3S. The lowest BCUT2D eigenvalue weighted by atomic mass is 10.1. The van der Waals surface area contributed by atoms with E-state index in [1.165, 1.54) is 17.4 Å². The van der Waals surface area contributed by atoms with E-state index in [0.717, 1.165) is 53.7 Å². The van der Waals surface area contributed by atoms with Crippen LogP contribution < -0.4 is 9.80 Å². The van der Waals surface area contributed by atoms with E-state index in [4.69, 9.17) is 4.98 Å². The predicted molar refractivity (Wildman–Crippen MR) is 138 cm³/mol. The summed E-state index contributed by atoms with van der Waals surface area (Å²) in [7, 11) is 3.90. The zero-order valence-electron chi connectivity index (χ0n) is 20.2. The molecule has 2 heterocycles. The summed E-state index contributed by atoms with van der Waals surface area (Å²) in [5, 5.41) is 12.5. The van der Waals surface area contributed by atoms with E-state index < -0.39 is 0 Å². The number of carbonyl (C=O) groups is 1. The Morgan fingerprint density at radius 2 is 1.85 bits per heavy atom. The molecule has 9 heteroatoms. The number of benzene rings is 2. The summed E-state index contributed by atoms with van der Waals surface area (Å²) in [4.78, 5) is 35.7. The van der Waals surface area contributed by atoms with Crippen molar-refractivity contribution in [2.75, 3.05) is 50.1 Å². The number of anilines is 2. The van der Waals surface area contributed by atoms with Gasteiger partial charge in [-0.25, -0.2) is 4.98 Å². The van der Waals surface area contributed by atoms with Gasteiger partial charge < -0.3 is 9.80 Å². The van der Waals surface area contributed by atoms with Crippen molar-refractivity contribution in [3.8, 4) is 0 Å². The van der Waals surface area contributed by atoms with Gasteiger partial charge in [0.1, 0.15) is 5.69 Å². The normalized spacial score (nSPS) is 14.1. The molecule has 0 unspecified atom stereocenters. The molecule has 1 aromatic heterocycles. The van der Waals surface area contributed by atoms with E-state index in [0.29, 0.717) is 29.5 Å². The third kappa shape index (κ3) is 4.90. The highest BCUT2D eigenvalue weighted by Gasteiger charge is 2.27. The van der Waals surface area contributed by atoms with Gasteiger partial charge >= 0.3 is 0 Å². The molecule has 0 bridgehead atoms. The van der Waals surface area contributed by atoms with Crippen molar-refractivity contribution in [2.45, 2.75) is 33.1 Å². The van der Waals surface area contributed by atoms with Crippen LogP contribution in [0.3, 0.4) is 0 Å². The van der Waals surface area contributed by atoms with E-state index in [1.54, 1.807) is 17.0 Å². The van der Waals surface area contributed by atoms with E-state index in [2.05, 4.69) is 11.0 Å². The molecule has 1 saturated heterocycles. The minimum Gasteiger partial charge on any atom is -0.366 e. The van der Waals surface area contributed by atoms with E-state index in [-0.39, 0.29) is 16.5 Å². The molecule has 3 aromatic rings. The molecule has 0 atom stereocenters. The number of rotatable bonds is 7. The Hall–Kier alpha value is -3.04. The number of hydrogen-bond acceptors (Lipinski definition) is 7. The first-order valence-electron chi connectivity index (χ1n) is 11.6. The highest BCUT2D eigenvalue weighted by atomic mass is 32.1. The minimum absolute atomic E-state index is 0.0175. The van der Waals surface area contributed by atoms with Crippen LogP contribution >= 0.6 is 11.3 Å². The average molecular weight is 482 g/mol. The van der Waals surface area contributed by atoms with Crippen LogP contribution in [0.15, 0.2) is 30.3 Å². The lowest BCUT2D eigenvalue weighted by molar-refractivity contribution is -0.384. The van der Waals surface area contributed by atoms with Crippen molar-refractivity contribution < 1.29 is 9.72 Å². The van der Waals surface area contributed by atoms with Crippen LogP contribution in [-0.4, -0.2) is 61.0 Å². The highest BCUT2D eigenvalue weighted by Crippen LogP contribution is 2.35. The molecule has 34 heavy (non-hydrogen) atoms. The number of likely N-dealkylation sites (N-methyl/N-ethyl adjacent to an activating group) is 1. The second kappa shape index (κ2) is 10.1. The van der Waals surface area contributed by atoms with Crippen molar-refractivity contribution in [2.24, 2.45) is 0 Å². The third-order valence-corrected chi connectivity index (χ3v) is 7.48. The fourth-order valence-electron chi connectivity index (χ4n) is 4.27. The lowest BCUT2D eigenvalue weighted by Crippen LogP contribution is -2.37. The quantitative estimate of drug-likeness (QED) is 0.348. The van der Waals surface area contributed by atoms with Gasteiger partial charge in [0.2, 0.25) is 0 Å². The van der Waals surface area contributed by atoms with Crippen molar-refractivity contribution >= 4 is 44.0 Å². The number of hydrogen-bond donors (Lipinski definition) is 0. The molecule has 1 amide bonds. The number of fused-ring (bicyclic) bond motifs is 1. The monoisotopic (exact) mass is 481 g/mol. The van der Waals surface area contributed by atoms with Crippen LogP contribution in [0.1, 0.15) is 40.7 Å². The Morgan fingerprint density at radius 1 is 1.12 bits per heavy atom. The first-order chi connectivity index (χ1) is 16.3. The van der Waals surface area contributed by atoms with Crippen molar-refractivity contribution in [1.29, 1.82) is 0 Å². The smallest absolute Gasteiger partial charge is 0.293 e. The summed E-state index contributed by atoms with van der Waals surface area (Å²) in [6.45, 7) is 6.77. The molecule has 1 aliphatic heterocycles. The minimum atomic E-state index is -0.380. The molecule has 4 rings (SSSR count). The Labute approximate surface area is 203 Å². The van der Waals surface area contributed by atoms with Crippen LogP contribution in [0.5, 0.6) is 0 Å². The predicted octanol–water partition coefficient (Wildman–Crippen LogP) is 5.02. The molecule has 0 saturated carbocycles. The number of nitro groups is 1. The summed E-state index contributed by atoms with van der Waals surface area (Å²) in [5.41, 5.74) is 4.02. The zero-order chi connectivity index (χ0) is 24.4. The highest BCUT2D eigenvalue weighted by molar-refractivity contribution is 7.22. The van der Waals surface area contributed by atoms with Crippen LogP contribution in [0.25, 0.3) is 10.2 Å². The van der Waals surface area contributed by atoms with Crippen LogP contribution in [0, 0.1) is 24.0 Å². The van der Waals surface area contributed by atoms with Gasteiger partial charge in [0.15, 0.2) is 5.13 Å². The van der Waals surface area contributed by atoms with Gasteiger partial charge in [0.25, 0.3) is 11.6 Å². The number of nitrogens with zero attached hydrogens (tertiary/aromatic N) is 5. The third-order valence-electron chi connectivity index (χ3n) is 6.44. The lowest BCUT2D eigenvalue weighted by Gasteiger charge is -2.28. The second-order valence-electron chi connectivity index (χ2n) is 9.12. The Kier molecular flexibility index (Phi) is 7.13. The Bertz CT molecular complexity index is 1220. The second-order valence-corrected chi connectivity index (χ2v) is 10.1. The van der Waals surface area contributed by atoms with Gasteiger partial charge in [0.05, 0.1) is 15.1 Å². The molecule has 0 radical (unpaired) electrons. The number of carbonyl (C=O) groups excluding carboxylic acids is 1. The first kappa shape index (κ1) is 24.1. The SMILES string of the molecule is Cc1ccc2sc(N(CCN(C)C)C(=O)c3ccc(N4CCCCC4)c([N+](=O)[O-])c3)nc2c1C. The molecule has 0 aliphatic carbocycles. The van der Waals surface area contributed by atoms with Crippen molar-refractivity contribution in [3.63, 3.8) is 0 Å². The maximum atomic E-state index is 13.7. The fraction of sp³-hybridized carbons (Fsp3) is 0.440. The zero-order valence-corrected chi connectivity index (χ0v) is 21.0. The molecule has 1 fully saturated rings. The number of aryl methyl sites for hydroxylation is 2. The van der Waals surface area contributed by atoms with E-state index in [9.17, 15) is 14.9 Å². The molecule has 8 nitrogen and oxygen atoms in total. The first-order valence-corrected chi connectivity index (χ1v) is 12.4. The average Bonchev–Trinajstić information content (AvgIpc) is 3.26. The molecule has 1 aliphatic rings. The van der Waals surface area contributed by atoms with Crippen LogP contribution in [0.2, 0.25) is 0 Å². The maximum absolute atomic E-state index is 13.7. The van der Waals surface area contributed by atoms with Gasteiger partial charge in [-0.2, -0.15) is 0 Å². The molecular weight excluding hydrogens is 450 g/mol.